The first kappa shape index (κ1) is 13.1. The van der Waals surface area contributed by atoms with E-state index in [1.165, 1.54) is 0 Å². The van der Waals surface area contributed by atoms with E-state index >= 15 is 0 Å². The van der Waals surface area contributed by atoms with Crippen molar-refractivity contribution in [3.63, 3.8) is 0 Å². The van der Waals surface area contributed by atoms with Crippen LogP contribution >= 0.6 is 30.0 Å². The van der Waals surface area contributed by atoms with Gasteiger partial charge < -0.3 is 10.2 Å². The number of para-hydroxylation sites is 1. The van der Waals surface area contributed by atoms with E-state index in [2.05, 4.69) is 27.5 Å². The van der Waals surface area contributed by atoms with Crippen LogP contribution in [0.1, 0.15) is 11.3 Å². The minimum atomic E-state index is -2.18. The molecule has 1 aromatic heterocycles. The normalized spacial score (nSPS) is 21.5. The quantitative estimate of drug-likeness (QED) is 0.427. The summed E-state index contributed by atoms with van der Waals surface area (Å²) in [4.78, 5) is 0.617. The van der Waals surface area contributed by atoms with Crippen molar-refractivity contribution in [3.05, 3.63) is 41.6 Å². The van der Waals surface area contributed by atoms with E-state index in [1.54, 1.807) is 0 Å². The van der Waals surface area contributed by atoms with Crippen LogP contribution in [-0.2, 0) is 11.8 Å². The van der Waals surface area contributed by atoms with Crippen molar-refractivity contribution in [3.8, 4) is 5.69 Å². The largest absolute Gasteiger partial charge is 0.325 e. The number of nitrogens with zero attached hydrogens (tertiary/aromatic N) is 2. The summed E-state index contributed by atoms with van der Waals surface area (Å²) in [6.45, 7) is 1.93. The fraction of sp³-hybridized carbons (Fsp3) is 0.0909. The summed E-state index contributed by atoms with van der Waals surface area (Å²) in [6, 6.07) is 9.88. The molecule has 0 aliphatic carbocycles. The Morgan fingerprint density at radius 3 is 2.63 bits per heavy atom. The molecule has 1 aliphatic heterocycles. The molecule has 8 heteroatoms. The number of aryl methyl sites for hydroxylation is 1. The van der Waals surface area contributed by atoms with Crippen LogP contribution in [0.15, 0.2) is 30.3 Å². The summed E-state index contributed by atoms with van der Waals surface area (Å²) < 4.78 is 1.83. The van der Waals surface area contributed by atoms with Crippen molar-refractivity contribution in [2.24, 2.45) is 0 Å². The van der Waals surface area contributed by atoms with E-state index in [9.17, 15) is 0 Å². The Balaban J connectivity index is 2.23. The highest BCUT2D eigenvalue weighted by molar-refractivity contribution is 8.63. The number of hydrogen-bond donors (Lipinski definition) is 3. The first-order chi connectivity index (χ1) is 8.98. The number of hydrogen-bond acceptors (Lipinski definition) is 3. The van der Waals surface area contributed by atoms with Crippen molar-refractivity contribution in [1.29, 1.82) is 0 Å². The number of anilines is 1. The predicted molar refractivity (Wildman–Crippen MR) is 90.0 cm³/mol. The summed E-state index contributed by atoms with van der Waals surface area (Å²) in [5, 5.41) is 10.9. The molecule has 0 fully saturated rings. The lowest BCUT2D eigenvalue weighted by atomic mass is 10.2. The summed E-state index contributed by atoms with van der Waals surface area (Å²) >= 11 is 15.2. The maximum absolute atomic E-state index is 5.39. The van der Waals surface area contributed by atoms with Gasteiger partial charge in [-0.1, -0.05) is 30.4 Å². The molecule has 3 rings (SSSR count). The van der Waals surface area contributed by atoms with Gasteiger partial charge in [-0.05, 0) is 30.9 Å². The van der Waals surface area contributed by atoms with Gasteiger partial charge in [0.05, 0.1) is 16.9 Å². The molecule has 1 unspecified atom stereocenters. The van der Waals surface area contributed by atoms with Crippen LogP contribution in [0.4, 0.5) is 5.82 Å². The highest BCUT2D eigenvalue weighted by atomic mass is 32.9. The monoisotopic (exact) mass is 326 g/mol. The Hall–Kier alpha value is -0.880. The standard InChI is InChI=1S/C11H11N4PS3/c1-7-9-10(13-16(18,19)14-11(9)17)15(12-7)8-5-3-2-4-6-8/h2-6H,1H3,(H3,13,14,17,18,19). The number of nitrogens with one attached hydrogen (secondary N) is 2. The van der Waals surface area contributed by atoms with Gasteiger partial charge in [-0.25, -0.2) is 4.68 Å². The third-order valence-corrected chi connectivity index (χ3v) is 5.45. The van der Waals surface area contributed by atoms with Crippen molar-refractivity contribution in [2.45, 2.75) is 6.92 Å². The molecule has 0 bridgehead atoms. The lowest BCUT2D eigenvalue weighted by Crippen LogP contribution is -2.27. The van der Waals surface area contributed by atoms with E-state index < -0.39 is 5.54 Å². The first-order valence-corrected chi connectivity index (χ1v) is 9.93. The molecule has 98 valence electrons. The number of thiocarbonyl (C=S) groups is 1. The second-order valence-electron chi connectivity index (χ2n) is 4.19. The fourth-order valence-electron chi connectivity index (χ4n) is 2.02. The molecule has 2 heterocycles. The Morgan fingerprint density at radius 1 is 1.26 bits per heavy atom. The fourth-order valence-corrected chi connectivity index (χ4v) is 5.11. The van der Waals surface area contributed by atoms with E-state index in [0.29, 0.717) is 4.99 Å². The highest BCUT2D eigenvalue weighted by Crippen LogP contribution is 2.51. The van der Waals surface area contributed by atoms with E-state index in [1.807, 2.05) is 41.9 Å². The molecule has 2 N–H and O–H groups in total. The van der Waals surface area contributed by atoms with Crippen molar-refractivity contribution >= 4 is 52.6 Å². The van der Waals surface area contributed by atoms with Crippen LogP contribution in [0.25, 0.3) is 5.69 Å². The summed E-state index contributed by atoms with van der Waals surface area (Å²) in [6.07, 6.45) is 0. The number of thiol groups is 1. The van der Waals surface area contributed by atoms with Crippen LogP contribution in [0.3, 0.4) is 0 Å². The van der Waals surface area contributed by atoms with Crippen LogP contribution in [0.2, 0.25) is 0 Å². The maximum atomic E-state index is 5.39. The average Bonchev–Trinajstić information content (AvgIpc) is 2.66. The first-order valence-electron chi connectivity index (χ1n) is 5.57. The molecule has 19 heavy (non-hydrogen) atoms. The molecule has 2 aromatic rings. The highest BCUT2D eigenvalue weighted by Gasteiger charge is 2.29. The Bertz CT molecular complexity index is 710. The zero-order valence-corrected chi connectivity index (χ0v) is 13.4. The minimum absolute atomic E-state index is 0.617. The molecule has 1 atom stereocenters. The van der Waals surface area contributed by atoms with Crippen molar-refractivity contribution < 1.29 is 0 Å². The van der Waals surface area contributed by atoms with Gasteiger partial charge in [-0.2, -0.15) is 5.10 Å². The van der Waals surface area contributed by atoms with Gasteiger partial charge in [0.15, 0.2) is 5.54 Å². The number of aromatic nitrogens is 2. The second kappa shape index (κ2) is 4.59. The average molecular weight is 326 g/mol. The summed E-state index contributed by atoms with van der Waals surface area (Å²) in [5.41, 5.74) is 0.546. The molecule has 0 saturated carbocycles. The zero-order chi connectivity index (χ0) is 13.6. The SMILES string of the molecule is Cc1nn(-c2ccccc2)c2c1C(=S)NP(=S)(S)N2. The Morgan fingerprint density at radius 2 is 1.95 bits per heavy atom. The van der Waals surface area contributed by atoms with Crippen LogP contribution in [0.5, 0.6) is 0 Å². The van der Waals surface area contributed by atoms with Gasteiger partial charge in [0, 0.05) is 0 Å². The van der Waals surface area contributed by atoms with Gasteiger partial charge in [0.1, 0.15) is 10.8 Å². The Kier molecular flexibility index (Phi) is 3.17. The van der Waals surface area contributed by atoms with Gasteiger partial charge >= 0.3 is 0 Å². The summed E-state index contributed by atoms with van der Waals surface area (Å²) in [7, 11) is 0. The van der Waals surface area contributed by atoms with Crippen LogP contribution in [-0.4, -0.2) is 14.8 Å². The zero-order valence-electron chi connectivity index (χ0n) is 9.99. The van der Waals surface area contributed by atoms with E-state index in [-0.39, 0.29) is 0 Å². The van der Waals surface area contributed by atoms with Crippen molar-refractivity contribution in [1.82, 2.24) is 14.9 Å². The van der Waals surface area contributed by atoms with Gasteiger partial charge in [0.25, 0.3) is 0 Å². The molecule has 4 nitrogen and oxygen atoms in total. The minimum Gasteiger partial charge on any atom is -0.325 e. The lowest BCUT2D eigenvalue weighted by Gasteiger charge is -2.27. The van der Waals surface area contributed by atoms with Crippen LogP contribution < -0.4 is 10.2 Å². The van der Waals surface area contributed by atoms with E-state index in [0.717, 1.165) is 22.8 Å². The number of rotatable bonds is 1. The molecular weight excluding hydrogens is 315 g/mol. The predicted octanol–water partition coefficient (Wildman–Crippen LogP) is 3.03. The van der Waals surface area contributed by atoms with Gasteiger partial charge in [-0.15, -0.1) is 12.2 Å². The molecule has 1 aliphatic rings. The van der Waals surface area contributed by atoms with Crippen molar-refractivity contribution in [2.75, 3.05) is 5.09 Å². The number of benzene rings is 1. The third kappa shape index (κ3) is 2.31. The molecule has 0 spiro atoms. The summed E-state index contributed by atoms with van der Waals surface area (Å²) in [5.74, 6) is 0.825. The molecule has 1 aromatic carbocycles. The Labute approximate surface area is 126 Å². The molecule has 0 amide bonds. The van der Waals surface area contributed by atoms with E-state index in [4.69, 9.17) is 24.0 Å². The molecule has 0 radical (unpaired) electrons. The van der Waals surface area contributed by atoms with Crippen LogP contribution in [0, 0.1) is 6.92 Å². The molecule has 0 saturated heterocycles. The topological polar surface area (TPSA) is 41.9 Å². The number of fused-ring (bicyclic) bond motifs is 1. The van der Waals surface area contributed by atoms with Gasteiger partial charge in [-0.3, -0.25) is 0 Å². The molecular formula is C11H11N4PS3. The second-order valence-corrected chi connectivity index (χ2v) is 10.4. The van der Waals surface area contributed by atoms with Gasteiger partial charge in [0.2, 0.25) is 0 Å². The third-order valence-electron chi connectivity index (χ3n) is 2.80. The lowest BCUT2D eigenvalue weighted by molar-refractivity contribution is 0.872. The smallest absolute Gasteiger partial charge is 0.173 e. The maximum Gasteiger partial charge on any atom is 0.173 e.